The molecule has 2 fully saturated rings. The van der Waals surface area contributed by atoms with Gasteiger partial charge in [-0.2, -0.15) is 8.78 Å². The average Bonchev–Trinajstić information content (AvgIpc) is 2.64. The summed E-state index contributed by atoms with van der Waals surface area (Å²) in [4.78, 5) is 26.7. The second-order valence-electron chi connectivity index (χ2n) is 6.59. The maximum absolute atomic E-state index is 12.8. The van der Waals surface area contributed by atoms with E-state index in [-0.39, 0.29) is 35.9 Å². The van der Waals surface area contributed by atoms with E-state index < -0.39 is 12.7 Å². The number of piperidine rings is 2. The van der Waals surface area contributed by atoms with Crippen LogP contribution in [0.15, 0.2) is 24.3 Å². The molecular weight excluding hydrogens is 380 g/mol. The molecule has 0 spiro atoms. The molecule has 2 heterocycles. The van der Waals surface area contributed by atoms with Gasteiger partial charge in [0, 0.05) is 18.2 Å². The van der Waals surface area contributed by atoms with Crippen LogP contribution in [0, 0.1) is 5.92 Å². The minimum Gasteiger partial charge on any atom is -0.435 e. The van der Waals surface area contributed by atoms with Gasteiger partial charge in [-0.15, -0.1) is 12.4 Å². The van der Waals surface area contributed by atoms with Gasteiger partial charge in [0.25, 0.3) is 0 Å². The summed E-state index contributed by atoms with van der Waals surface area (Å²) in [6, 6.07) is 5.43. The Kier molecular flexibility index (Phi) is 7.79. The number of alkyl halides is 2. The van der Waals surface area contributed by atoms with Crippen LogP contribution in [0.25, 0.3) is 0 Å². The maximum Gasteiger partial charge on any atom is 0.387 e. The van der Waals surface area contributed by atoms with Crippen molar-refractivity contribution in [2.24, 2.45) is 5.92 Å². The van der Waals surface area contributed by atoms with Crippen LogP contribution in [-0.2, 0) is 9.59 Å². The third kappa shape index (κ3) is 5.52. The van der Waals surface area contributed by atoms with Crippen LogP contribution in [-0.4, -0.2) is 44.1 Å². The molecule has 2 aliphatic heterocycles. The smallest absolute Gasteiger partial charge is 0.387 e. The number of nitrogens with one attached hydrogen (secondary N) is 2. The number of hydrogen-bond acceptors (Lipinski definition) is 4. The molecule has 2 amide bonds. The van der Waals surface area contributed by atoms with Crippen LogP contribution in [0.2, 0.25) is 0 Å². The van der Waals surface area contributed by atoms with Gasteiger partial charge in [0.1, 0.15) is 11.8 Å². The molecule has 9 heteroatoms. The van der Waals surface area contributed by atoms with E-state index >= 15 is 0 Å². The quantitative estimate of drug-likeness (QED) is 0.791. The molecule has 0 radical (unpaired) electrons. The highest BCUT2D eigenvalue weighted by Crippen LogP contribution is 2.25. The number of carbonyl (C=O) groups excluding carboxylic acids is 2. The number of nitrogens with zero attached hydrogens (tertiary/aromatic N) is 1. The molecule has 1 aromatic carbocycles. The minimum atomic E-state index is -2.88. The maximum atomic E-state index is 12.8. The summed E-state index contributed by atoms with van der Waals surface area (Å²) < 4.78 is 28.8. The summed E-state index contributed by atoms with van der Waals surface area (Å²) in [5.74, 6) is -0.234. The largest absolute Gasteiger partial charge is 0.435 e. The summed E-state index contributed by atoms with van der Waals surface area (Å²) in [6.45, 7) is -0.716. The van der Waals surface area contributed by atoms with E-state index in [1.807, 2.05) is 0 Å². The highest BCUT2D eigenvalue weighted by atomic mass is 35.5. The Morgan fingerprint density at radius 1 is 1.19 bits per heavy atom. The Balaban J connectivity index is 0.00000261. The molecule has 1 atom stereocenters. The first-order valence-corrected chi connectivity index (χ1v) is 8.92. The summed E-state index contributed by atoms with van der Waals surface area (Å²) in [6.07, 6.45) is 2.93. The molecule has 2 saturated heterocycles. The van der Waals surface area contributed by atoms with E-state index in [2.05, 4.69) is 15.4 Å². The predicted octanol–water partition coefficient (Wildman–Crippen LogP) is 2.32. The molecule has 150 valence electrons. The first kappa shape index (κ1) is 21.4. The average molecular weight is 404 g/mol. The van der Waals surface area contributed by atoms with Gasteiger partial charge in [0.05, 0.1) is 0 Å². The lowest BCUT2D eigenvalue weighted by Crippen LogP contribution is -2.54. The van der Waals surface area contributed by atoms with Crippen LogP contribution in [0.4, 0.5) is 14.5 Å². The molecular formula is C18H24ClF2N3O3. The zero-order chi connectivity index (χ0) is 18.5. The fraction of sp³-hybridized carbons (Fsp3) is 0.556. The highest BCUT2D eigenvalue weighted by Gasteiger charge is 2.32. The van der Waals surface area contributed by atoms with Gasteiger partial charge in [-0.1, -0.05) is 0 Å². The number of ether oxygens (including phenoxy) is 1. The fourth-order valence-corrected chi connectivity index (χ4v) is 3.45. The second kappa shape index (κ2) is 9.85. The van der Waals surface area contributed by atoms with Gasteiger partial charge in [0.2, 0.25) is 11.8 Å². The SMILES string of the molecule is Cl.O=C(NC1CCCN(c2ccc(OC(F)F)cc2)C1=O)C1CCNCC1. The molecule has 0 bridgehead atoms. The molecule has 3 rings (SSSR count). The van der Waals surface area contributed by atoms with Crippen molar-refractivity contribution in [1.82, 2.24) is 10.6 Å². The zero-order valence-electron chi connectivity index (χ0n) is 14.8. The van der Waals surface area contributed by atoms with Gasteiger partial charge >= 0.3 is 6.61 Å². The number of rotatable bonds is 5. The van der Waals surface area contributed by atoms with Gasteiger partial charge in [-0.3, -0.25) is 9.59 Å². The number of amides is 2. The molecule has 0 aromatic heterocycles. The Hall–Kier alpha value is -1.93. The lowest BCUT2D eigenvalue weighted by molar-refractivity contribution is -0.131. The summed E-state index contributed by atoms with van der Waals surface area (Å²) in [7, 11) is 0. The first-order chi connectivity index (χ1) is 12.5. The summed E-state index contributed by atoms with van der Waals surface area (Å²) in [5, 5.41) is 6.11. The number of halogens is 3. The third-order valence-corrected chi connectivity index (χ3v) is 4.84. The molecule has 2 N–H and O–H groups in total. The van der Waals surface area contributed by atoms with E-state index in [9.17, 15) is 18.4 Å². The van der Waals surface area contributed by atoms with Crippen molar-refractivity contribution < 1.29 is 23.1 Å². The van der Waals surface area contributed by atoms with E-state index in [0.717, 1.165) is 32.4 Å². The Morgan fingerprint density at radius 2 is 1.85 bits per heavy atom. The predicted molar refractivity (Wildman–Crippen MR) is 99.4 cm³/mol. The molecule has 1 unspecified atom stereocenters. The normalized spacial score (nSPS) is 20.9. The van der Waals surface area contributed by atoms with Crippen molar-refractivity contribution in [2.75, 3.05) is 24.5 Å². The van der Waals surface area contributed by atoms with Crippen LogP contribution >= 0.6 is 12.4 Å². The third-order valence-electron chi connectivity index (χ3n) is 4.84. The number of carbonyl (C=O) groups is 2. The van der Waals surface area contributed by atoms with Crippen molar-refractivity contribution in [1.29, 1.82) is 0 Å². The van der Waals surface area contributed by atoms with E-state index in [4.69, 9.17) is 0 Å². The zero-order valence-corrected chi connectivity index (χ0v) is 15.6. The standard InChI is InChI=1S/C18H23F2N3O3.ClH/c19-18(20)26-14-5-3-13(4-6-14)23-11-1-2-15(17(23)25)22-16(24)12-7-9-21-10-8-12;/h3-6,12,15,18,21H,1-2,7-11H2,(H,22,24);1H. The van der Waals surface area contributed by atoms with Crippen LogP contribution < -0.4 is 20.3 Å². The lowest BCUT2D eigenvalue weighted by Gasteiger charge is -2.34. The number of benzene rings is 1. The first-order valence-electron chi connectivity index (χ1n) is 8.92. The van der Waals surface area contributed by atoms with Gasteiger partial charge in [-0.25, -0.2) is 0 Å². The van der Waals surface area contributed by atoms with E-state index in [1.54, 1.807) is 17.0 Å². The summed E-state index contributed by atoms with van der Waals surface area (Å²) in [5.41, 5.74) is 0.609. The second-order valence-corrected chi connectivity index (χ2v) is 6.59. The topological polar surface area (TPSA) is 70.7 Å². The van der Waals surface area contributed by atoms with Crippen LogP contribution in [0.5, 0.6) is 5.75 Å². The molecule has 0 saturated carbocycles. The Labute approximate surface area is 163 Å². The van der Waals surface area contributed by atoms with Crippen LogP contribution in [0.1, 0.15) is 25.7 Å². The van der Waals surface area contributed by atoms with Crippen molar-refractivity contribution in [3.63, 3.8) is 0 Å². The Bertz CT molecular complexity index is 639. The van der Waals surface area contributed by atoms with Crippen molar-refractivity contribution in [3.05, 3.63) is 24.3 Å². The summed E-state index contributed by atoms with van der Waals surface area (Å²) >= 11 is 0. The van der Waals surface area contributed by atoms with Gasteiger partial charge in [-0.05, 0) is 63.0 Å². The molecule has 6 nitrogen and oxygen atoms in total. The molecule has 1 aromatic rings. The monoisotopic (exact) mass is 403 g/mol. The van der Waals surface area contributed by atoms with Crippen LogP contribution in [0.3, 0.4) is 0 Å². The number of hydrogen-bond donors (Lipinski definition) is 2. The Morgan fingerprint density at radius 3 is 2.48 bits per heavy atom. The van der Waals surface area contributed by atoms with E-state index in [1.165, 1.54) is 12.1 Å². The van der Waals surface area contributed by atoms with Crippen molar-refractivity contribution in [2.45, 2.75) is 38.3 Å². The van der Waals surface area contributed by atoms with Crippen molar-refractivity contribution >= 4 is 29.9 Å². The van der Waals surface area contributed by atoms with E-state index in [0.29, 0.717) is 18.7 Å². The minimum absolute atomic E-state index is 0. The fourth-order valence-electron chi connectivity index (χ4n) is 3.45. The molecule has 2 aliphatic rings. The number of anilines is 1. The van der Waals surface area contributed by atoms with Gasteiger partial charge in [0.15, 0.2) is 0 Å². The molecule has 0 aliphatic carbocycles. The molecule has 27 heavy (non-hydrogen) atoms. The van der Waals surface area contributed by atoms with Crippen molar-refractivity contribution in [3.8, 4) is 5.75 Å². The highest BCUT2D eigenvalue weighted by molar-refractivity contribution is 6.00. The lowest BCUT2D eigenvalue weighted by atomic mass is 9.96. The van der Waals surface area contributed by atoms with Gasteiger partial charge < -0.3 is 20.3 Å².